The zero-order valence-electron chi connectivity index (χ0n) is 7.85. The number of hydrogen-bond acceptors (Lipinski definition) is 4. The van der Waals surface area contributed by atoms with Crippen molar-refractivity contribution in [1.29, 1.82) is 0 Å². The summed E-state index contributed by atoms with van der Waals surface area (Å²) in [7, 11) is 0. The largest absolute Gasteiger partial charge is 0.364 e. The fraction of sp³-hybridized carbons (Fsp3) is 0.429. The normalized spacial score (nSPS) is 11.4. The molecule has 0 spiro atoms. The molecule has 6 nitrogen and oxygen atoms in total. The molecule has 0 fully saturated rings. The first-order valence-corrected chi connectivity index (χ1v) is 4.74. The van der Waals surface area contributed by atoms with E-state index in [4.69, 9.17) is 0 Å². The Kier molecular flexibility index (Phi) is 3.52. The number of rotatable bonds is 3. The van der Waals surface area contributed by atoms with Gasteiger partial charge >= 0.3 is 0 Å². The molecule has 1 heterocycles. The lowest BCUT2D eigenvalue weighted by Gasteiger charge is -1.98. The van der Waals surface area contributed by atoms with Crippen LogP contribution >= 0.6 is 11.3 Å². The molecule has 0 saturated heterocycles. The van der Waals surface area contributed by atoms with Crippen molar-refractivity contribution >= 4 is 17.2 Å². The Balaban J connectivity index is 2.45. The molecular formula is C7H10N4O2S. The lowest BCUT2D eigenvalue weighted by Crippen LogP contribution is -2.20. The zero-order chi connectivity index (χ0) is 10.6. The van der Waals surface area contributed by atoms with Crippen LogP contribution in [0.4, 0.5) is 0 Å². The number of aromatic nitrogens is 1. The smallest absolute Gasteiger partial charge is 0.192 e. The highest BCUT2D eigenvalue weighted by Gasteiger charge is 2.00. The minimum atomic E-state index is -0.722. The van der Waals surface area contributed by atoms with E-state index in [1.807, 2.05) is 6.92 Å². The molecule has 0 aliphatic heterocycles. The summed E-state index contributed by atoms with van der Waals surface area (Å²) in [5, 5.41) is 16.2. The van der Waals surface area contributed by atoms with Crippen LogP contribution < -0.4 is 5.32 Å². The summed E-state index contributed by atoms with van der Waals surface area (Å²) >= 11 is 1.55. The first-order valence-electron chi connectivity index (χ1n) is 3.92. The van der Waals surface area contributed by atoms with Gasteiger partial charge in [-0.15, -0.1) is 11.3 Å². The molecule has 1 N–H and O–H groups in total. The highest BCUT2D eigenvalue weighted by molar-refractivity contribution is 7.11. The molecule has 0 atom stereocenters. The fourth-order valence-electron chi connectivity index (χ4n) is 0.860. The number of nitro groups is 1. The van der Waals surface area contributed by atoms with Crippen LogP contribution in [0.15, 0.2) is 11.3 Å². The highest BCUT2D eigenvalue weighted by atomic mass is 32.1. The van der Waals surface area contributed by atoms with Crippen LogP contribution in [0.2, 0.25) is 0 Å². The molecule has 0 radical (unpaired) electrons. The van der Waals surface area contributed by atoms with Crippen LogP contribution in [0.25, 0.3) is 0 Å². The summed E-state index contributed by atoms with van der Waals surface area (Å²) in [4.78, 5) is 15.1. The van der Waals surface area contributed by atoms with E-state index in [9.17, 15) is 10.1 Å². The maximum Gasteiger partial charge on any atom is 0.192 e. The van der Waals surface area contributed by atoms with E-state index < -0.39 is 5.03 Å². The first kappa shape index (κ1) is 10.6. The van der Waals surface area contributed by atoms with Crippen LogP contribution in [0, 0.1) is 17.0 Å². The van der Waals surface area contributed by atoms with Gasteiger partial charge in [-0.05, 0) is 13.8 Å². The minimum absolute atomic E-state index is 0.293. The highest BCUT2D eigenvalue weighted by Crippen LogP contribution is 2.10. The van der Waals surface area contributed by atoms with E-state index >= 15 is 0 Å². The van der Waals surface area contributed by atoms with Gasteiger partial charge in [-0.3, -0.25) is 0 Å². The van der Waals surface area contributed by atoms with Gasteiger partial charge in [0, 0.05) is 11.1 Å². The molecule has 1 rings (SSSR count). The van der Waals surface area contributed by atoms with E-state index in [2.05, 4.69) is 15.4 Å². The molecule has 0 aliphatic rings. The number of hydrogen-bond donors (Lipinski definition) is 1. The van der Waals surface area contributed by atoms with E-state index in [0.717, 1.165) is 9.88 Å². The number of amidine groups is 1. The predicted molar refractivity (Wildman–Crippen MR) is 53.8 cm³/mol. The molecule has 0 bridgehead atoms. The van der Waals surface area contributed by atoms with Gasteiger partial charge in [0.2, 0.25) is 0 Å². The minimum Gasteiger partial charge on any atom is -0.364 e. The maximum absolute atomic E-state index is 9.99. The summed E-state index contributed by atoms with van der Waals surface area (Å²) in [5.74, 6) is 0.293. The number of nitrogens with zero attached hydrogens (tertiary/aromatic N) is 3. The van der Waals surface area contributed by atoms with Crippen molar-refractivity contribution in [2.45, 2.75) is 20.4 Å². The van der Waals surface area contributed by atoms with Gasteiger partial charge in [0.15, 0.2) is 10.9 Å². The van der Waals surface area contributed by atoms with Crippen LogP contribution in [0.3, 0.4) is 0 Å². The van der Waals surface area contributed by atoms with Crippen molar-refractivity contribution in [3.05, 3.63) is 26.2 Å². The molecule has 0 aromatic carbocycles. The summed E-state index contributed by atoms with van der Waals surface area (Å²) in [6, 6.07) is 0. The van der Waals surface area contributed by atoms with Gasteiger partial charge in [-0.1, -0.05) is 0 Å². The lowest BCUT2D eigenvalue weighted by atomic mass is 10.5. The van der Waals surface area contributed by atoms with Crippen molar-refractivity contribution in [2.24, 2.45) is 5.10 Å². The molecule has 0 saturated carbocycles. The summed E-state index contributed by atoms with van der Waals surface area (Å²) in [5.41, 5.74) is 0. The number of aryl methyl sites for hydroxylation is 1. The Hall–Kier alpha value is -1.50. The molecule has 0 amide bonds. The number of thiazole rings is 1. The van der Waals surface area contributed by atoms with E-state index in [1.54, 1.807) is 24.5 Å². The fourth-order valence-corrected chi connectivity index (χ4v) is 1.59. The zero-order valence-corrected chi connectivity index (χ0v) is 8.67. The van der Waals surface area contributed by atoms with Crippen LogP contribution in [-0.4, -0.2) is 15.9 Å². The summed E-state index contributed by atoms with van der Waals surface area (Å²) < 4.78 is 0. The van der Waals surface area contributed by atoms with E-state index in [1.165, 1.54) is 0 Å². The van der Waals surface area contributed by atoms with Gasteiger partial charge in [-0.2, -0.15) is 0 Å². The van der Waals surface area contributed by atoms with Crippen molar-refractivity contribution < 1.29 is 5.03 Å². The molecule has 7 heteroatoms. The van der Waals surface area contributed by atoms with Crippen LogP contribution in [-0.2, 0) is 6.54 Å². The second-order valence-corrected chi connectivity index (χ2v) is 3.94. The van der Waals surface area contributed by atoms with Crippen molar-refractivity contribution in [2.75, 3.05) is 0 Å². The average molecular weight is 214 g/mol. The molecule has 1 aromatic rings. The van der Waals surface area contributed by atoms with Gasteiger partial charge in [0.25, 0.3) is 0 Å². The number of hydrazone groups is 1. The molecular weight excluding hydrogens is 204 g/mol. The molecule has 14 heavy (non-hydrogen) atoms. The molecule has 1 aromatic heterocycles. The Labute approximate surface area is 84.8 Å². The predicted octanol–water partition coefficient (Wildman–Crippen LogP) is 1.15. The van der Waals surface area contributed by atoms with Gasteiger partial charge in [0.05, 0.1) is 16.7 Å². The average Bonchev–Trinajstić information content (AvgIpc) is 2.47. The van der Waals surface area contributed by atoms with E-state index in [0.29, 0.717) is 12.4 Å². The van der Waals surface area contributed by atoms with E-state index in [-0.39, 0.29) is 0 Å². The maximum atomic E-state index is 9.99. The van der Waals surface area contributed by atoms with Crippen LogP contribution in [0.1, 0.15) is 16.8 Å². The Morgan fingerprint density at radius 3 is 3.07 bits per heavy atom. The van der Waals surface area contributed by atoms with Crippen molar-refractivity contribution in [3.8, 4) is 0 Å². The quantitative estimate of drug-likeness (QED) is 0.354. The monoisotopic (exact) mass is 214 g/mol. The van der Waals surface area contributed by atoms with Crippen LogP contribution in [0.5, 0.6) is 0 Å². The Bertz CT molecular complexity index is 360. The third-order valence-electron chi connectivity index (χ3n) is 1.42. The van der Waals surface area contributed by atoms with Crippen molar-refractivity contribution in [3.63, 3.8) is 0 Å². The lowest BCUT2D eigenvalue weighted by molar-refractivity contribution is -0.485. The Morgan fingerprint density at radius 2 is 2.57 bits per heavy atom. The third kappa shape index (κ3) is 3.48. The van der Waals surface area contributed by atoms with Crippen molar-refractivity contribution in [1.82, 2.24) is 10.3 Å². The molecule has 0 unspecified atom stereocenters. The van der Waals surface area contributed by atoms with Gasteiger partial charge < -0.3 is 5.32 Å². The van der Waals surface area contributed by atoms with Gasteiger partial charge in [-0.25, -0.2) is 15.1 Å². The second-order valence-electron chi connectivity index (χ2n) is 2.62. The second kappa shape index (κ2) is 4.66. The topological polar surface area (TPSA) is 80.4 Å². The first-order chi connectivity index (χ1) is 6.58. The Morgan fingerprint density at radius 1 is 1.86 bits per heavy atom. The SMILES string of the molecule is C/C(=N\[N+](=O)[O-])NCc1cnc(C)s1. The molecule has 76 valence electrons. The number of nitrogens with one attached hydrogen (secondary N) is 1. The summed E-state index contributed by atoms with van der Waals surface area (Å²) in [6.45, 7) is 3.98. The third-order valence-corrected chi connectivity index (χ3v) is 2.33. The van der Waals surface area contributed by atoms with Gasteiger partial charge in [0.1, 0.15) is 0 Å². The molecule has 0 aliphatic carbocycles. The standard InChI is InChI=1S/C7H10N4O2S/c1-5(10-11(12)13)8-3-7-4-9-6(2)14-7/h4H,3H2,1-2H3,(H,8,10). The summed E-state index contributed by atoms with van der Waals surface area (Å²) in [6.07, 6.45) is 1.74.